The van der Waals surface area contributed by atoms with Crippen molar-refractivity contribution in [2.45, 2.75) is 12.8 Å². The molecule has 0 saturated carbocycles. The highest BCUT2D eigenvalue weighted by Gasteiger charge is 2.43. The summed E-state index contributed by atoms with van der Waals surface area (Å²) in [4.78, 5) is 0. The summed E-state index contributed by atoms with van der Waals surface area (Å²) in [6, 6.07) is 3.99. The van der Waals surface area contributed by atoms with Crippen molar-refractivity contribution in [3.05, 3.63) is 18.0 Å². The molecule has 2 rings (SSSR count). The molecule has 1 saturated heterocycles. The molecule has 86 valence electrons. The van der Waals surface area contributed by atoms with Gasteiger partial charge in [-0.15, -0.1) is 0 Å². The maximum Gasteiger partial charge on any atom is 0.151 e. The van der Waals surface area contributed by atoms with E-state index in [1.165, 1.54) is 0 Å². The Morgan fingerprint density at radius 3 is 2.88 bits per heavy atom. The molecule has 0 amide bonds. The van der Waals surface area contributed by atoms with E-state index in [2.05, 4.69) is 11.2 Å². The molecular formula is C10H13N3O2S. The van der Waals surface area contributed by atoms with E-state index >= 15 is 0 Å². The third kappa shape index (κ3) is 2.09. The monoisotopic (exact) mass is 239 g/mol. The second kappa shape index (κ2) is 3.59. The van der Waals surface area contributed by atoms with Gasteiger partial charge in [-0.2, -0.15) is 10.4 Å². The first kappa shape index (κ1) is 11.1. The topological polar surface area (TPSA) is 75.8 Å². The second-order valence-electron chi connectivity index (χ2n) is 4.39. The normalized spacial score (nSPS) is 27.8. The Morgan fingerprint density at radius 1 is 1.69 bits per heavy atom. The number of hydrogen-bond acceptors (Lipinski definition) is 4. The Hall–Kier alpha value is -1.35. The third-order valence-electron chi connectivity index (χ3n) is 2.91. The minimum atomic E-state index is -3.04. The van der Waals surface area contributed by atoms with Crippen molar-refractivity contribution in [1.29, 1.82) is 5.26 Å². The Labute approximate surface area is 94.6 Å². The van der Waals surface area contributed by atoms with E-state index in [1.54, 1.807) is 17.9 Å². The number of nitriles is 1. The molecule has 1 aliphatic heterocycles. The van der Waals surface area contributed by atoms with Crippen molar-refractivity contribution in [2.24, 2.45) is 12.5 Å². The van der Waals surface area contributed by atoms with Crippen molar-refractivity contribution in [3.63, 3.8) is 0 Å². The zero-order valence-electron chi connectivity index (χ0n) is 9.05. The lowest BCUT2D eigenvalue weighted by Crippen LogP contribution is -2.23. The Balaban J connectivity index is 2.22. The van der Waals surface area contributed by atoms with E-state index in [-0.39, 0.29) is 11.5 Å². The van der Waals surface area contributed by atoms with Gasteiger partial charge in [-0.05, 0) is 12.5 Å². The van der Waals surface area contributed by atoms with Crippen LogP contribution in [0.5, 0.6) is 0 Å². The fourth-order valence-corrected chi connectivity index (χ4v) is 4.09. The van der Waals surface area contributed by atoms with E-state index in [9.17, 15) is 8.42 Å². The van der Waals surface area contributed by atoms with Crippen LogP contribution in [-0.2, 0) is 23.3 Å². The lowest BCUT2D eigenvalue weighted by molar-refractivity contribution is 0.443. The molecule has 1 aliphatic rings. The zero-order chi connectivity index (χ0) is 11.8. The first-order valence-corrected chi connectivity index (χ1v) is 6.87. The van der Waals surface area contributed by atoms with Crippen molar-refractivity contribution >= 4 is 9.84 Å². The maximum absolute atomic E-state index is 11.4. The standard InChI is InChI=1S/C10H13N3O2S/c1-13-4-2-9(12-13)6-10(7-11)3-5-16(14,15)8-10/h2,4H,3,5-6,8H2,1H3. The average molecular weight is 239 g/mol. The minimum absolute atomic E-state index is 0.0346. The zero-order valence-corrected chi connectivity index (χ0v) is 9.87. The second-order valence-corrected chi connectivity index (χ2v) is 6.58. The molecule has 0 spiro atoms. The van der Waals surface area contributed by atoms with Crippen LogP contribution in [0, 0.1) is 16.7 Å². The molecule has 6 heteroatoms. The van der Waals surface area contributed by atoms with Crippen LogP contribution in [0.25, 0.3) is 0 Å². The summed E-state index contributed by atoms with van der Waals surface area (Å²) >= 11 is 0. The number of rotatable bonds is 2. The van der Waals surface area contributed by atoms with Gasteiger partial charge in [-0.25, -0.2) is 8.42 Å². The van der Waals surface area contributed by atoms with Crippen molar-refractivity contribution in [1.82, 2.24) is 9.78 Å². The van der Waals surface area contributed by atoms with E-state index in [4.69, 9.17) is 5.26 Å². The smallest absolute Gasteiger partial charge is 0.151 e. The number of aromatic nitrogens is 2. The Bertz CT molecular complexity index is 541. The van der Waals surface area contributed by atoms with Gasteiger partial charge in [0.05, 0.1) is 28.7 Å². The average Bonchev–Trinajstić information content (AvgIpc) is 2.72. The molecule has 5 nitrogen and oxygen atoms in total. The van der Waals surface area contributed by atoms with Gasteiger partial charge in [-0.3, -0.25) is 4.68 Å². The summed E-state index contributed by atoms with van der Waals surface area (Å²) in [6.07, 6.45) is 2.63. The van der Waals surface area contributed by atoms with Gasteiger partial charge in [0.15, 0.2) is 9.84 Å². The quantitative estimate of drug-likeness (QED) is 0.743. The summed E-state index contributed by atoms with van der Waals surface area (Å²) in [7, 11) is -1.24. The fourth-order valence-electron chi connectivity index (χ4n) is 2.09. The molecule has 2 heterocycles. The van der Waals surface area contributed by atoms with Crippen LogP contribution in [-0.4, -0.2) is 29.7 Å². The number of aryl methyl sites for hydroxylation is 1. The lowest BCUT2D eigenvalue weighted by Gasteiger charge is -2.16. The molecular weight excluding hydrogens is 226 g/mol. The molecule has 1 atom stereocenters. The molecule has 1 fully saturated rings. The molecule has 1 unspecified atom stereocenters. The number of nitrogens with zero attached hydrogens (tertiary/aromatic N) is 3. The van der Waals surface area contributed by atoms with Gasteiger partial charge in [0.25, 0.3) is 0 Å². The predicted molar refractivity (Wildman–Crippen MR) is 58.2 cm³/mol. The summed E-state index contributed by atoms with van der Waals surface area (Å²) in [5, 5.41) is 13.4. The highest BCUT2D eigenvalue weighted by Crippen LogP contribution is 2.34. The molecule has 0 N–H and O–H groups in total. The van der Waals surface area contributed by atoms with Crippen LogP contribution in [0.1, 0.15) is 12.1 Å². The highest BCUT2D eigenvalue weighted by atomic mass is 32.2. The van der Waals surface area contributed by atoms with Gasteiger partial charge in [0, 0.05) is 19.7 Å². The minimum Gasteiger partial charge on any atom is -0.276 e. The molecule has 1 aromatic rings. The Morgan fingerprint density at radius 2 is 2.44 bits per heavy atom. The summed E-state index contributed by atoms with van der Waals surface area (Å²) in [5.74, 6) is 0.0838. The van der Waals surface area contributed by atoms with Crippen LogP contribution in [0.15, 0.2) is 12.3 Å². The Kier molecular flexibility index (Phi) is 2.50. The van der Waals surface area contributed by atoms with Gasteiger partial charge in [0.2, 0.25) is 0 Å². The first-order chi connectivity index (χ1) is 7.45. The molecule has 0 bridgehead atoms. The van der Waals surface area contributed by atoms with Crippen LogP contribution in [0.2, 0.25) is 0 Å². The van der Waals surface area contributed by atoms with Gasteiger partial charge in [-0.1, -0.05) is 0 Å². The van der Waals surface area contributed by atoms with E-state index in [0.29, 0.717) is 12.8 Å². The number of hydrogen-bond donors (Lipinski definition) is 0. The van der Waals surface area contributed by atoms with E-state index < -0.39 is 15.3 Å². The van der Waals surface area contributed by atoms with Crippen LogP contribution in [0.4, 0.5) is 0 Å². The molecule has 0 radical (unpaired) electrons. The highest BCUT2D eigenvalue weighted by molar-refractivity contribution is 7.91. The van der Waals surface area contributed by atoms with E-state index in [0.717, 1.165) is 5.69 Å². The van der Waals surface area contributed by atoms with Crippen molar-refractivity contribution in [3.8, 4) is 6.07 Å². The van der Waals surface area contributed by atoms with Gasteiger partial charge in [0.1, 0.15) is 0 Å². The third-order valence-corrected chi connectivity index (χ3v) is 4.73. The fraction of sp³-hybridized carbons (Fsp3) is 0.600. The lowest BCUT2D eigenvalue weighted by atomic mass is 9.84. The van der Waals surface area contributed by atoms with Crippen molar-refractivity contribution < 1.29 is 8.42 Å². The summed E-state index contributed by atoms with van der Waals surface area (Å²) in [6.45, 7) is 0. The van der Waals surface area contributed by atoms with Gasteiger partial charge >= 0.3 is 0 Å². The SMILES string of the molecule is Cn1ccc(CC2(C#N)CCS(=O)(=O)C2)n1. The molecule has 0 aliphatic carbocycles. The predicted octanol–water partition coefficient (Wildman–Crippen LogP) is 0.291. The summed E-state index contributed by atoms with van der Waals surface area (Å²) in [5.41, 5.74) is 0.00819. The van der Waals surface area contributed by atoms with E-state index in [1.807, 2.05) is 6.07 Å². The molecule has 0 aromatic carbocycles. The van der Waals surface area contributed by atoms with Crippen LogP contribution < -0.4 is 0 Å². The first-order valence-electron chi connectivity index (χ1n) is 5.05. The molecule has 16 heavy (non-hydrogen) atoms. The summed E-state index contributed by atoms with van der Waals surface area (Å²) < 4.78 is 24.5. The number of sulfone groups is 1. The largest absolute Gasteiger partial charge is 0.276 e. The van der Waals surface area contributed by atoms with Crippen LogP contribution in [0.3, 0.4) is 0 Å². The molecule has 1 aromatic heterocycles. The van der Waals surface area contributed by atoms with Gasteiger partial charge < -0.3 is 0 Å². The maximum atomic E-state index is 11.4. The van der Waals surface area contributed by atoms with Crippen molar-refractivity contribution in [2.75, 3.05) is 11.5 Å². The van der Waals surface area contributed by atoms with Crippen LogP contribution >= 0.6 is 0 Å².